The van der Waals surface area contributed by atoms with Gasteiger partial charge in [0.2, 0.25) is 5.91 Å². The van der Waals surface area contributed by atoms with E-state index in [1.54, 1.807) is 4.90 Å². The molecule has 2 fully saturated rings. The lowest BCUT2D eigenvalue weighted by molar-refractivity contribution is -0.124. The zero-order valence-electron chi connectivity index (χ0n) is 11.9. The molecule has 2 nitrogen and oxygen atoms in total. The van der Waals surface area contributed by atoms with E-state index in [-0.39, 0.29) is 11.8 Å². The van der Waals surface area contributed by atoms with Crippen LogP contribution in [0.25, 0.3) is 0 Å². The molecular weight excluding hydrogens is 272 g/mol. The van der Waals surface area contributed by atoms with Gasteiger partial charge >= 0.3 is 0 Å². The molecule has 0 spiro atoms. The molecular formula is C17H19F2NO. The Kier molecular flexibility index (Phi) is 3.02. The van der Waals surface area contributed by atoms with Crippen LogP contribution in [0.4, 0.5) is 14.5 Å². The van der Waals surface area contributed by atoms with Crippen molar-refractivity contribution in [2.24, 2.45) is 17.8 Å². The van der Waals surface area contributed by atoms with E-state index in [4.69, 9.17) is 0 Å². The van der Waals surface area contributed by atoms with Crippen molar-refractivity contribution in [1.29, 1.82) is 0 Å². The first-order valence-electron chi connectivity index (χ1n) is 7.93. The highest BCUT2D eigenvalue weighted by molar-refractivity contribution is 5.96. The molecule has 1 heterocycles. The molecule has 0 saturated heterocycles. The van der Waals surface area contributed by atoms with Crippen LogP contribution >= 0.6 is 0 Å². The molecule has 3 aliphatic rings. The third-order valence-corrected chi connectivity index (χ3v) is 5.56. The van der Waals surface area contributed by atoms with E-state index in [1.165, 1.54) is 12.5 Å². The average molecular weight is 291 g/mol. The molecule has 1 amide bonds. The second kappa shape index (κ2) is 4.79. The van der Waals surface area contributed by atoms with Crippen LogP contribution in [-0.4, -0.2) is 12.5 Å². The maximum Gasteiger partial charge on any atom is 0.230 e. The van der Waals surface area contributed by atoms with Gasteiger partial charge in [-0.15, -0.1) is 0 Å². The molecule has 1 aliphatic heterocycles. The number of amides is 1. The van der Waals surface area contributed by atoms with Crippen LogP contribution in [0.15, 0.2) is 12.1 Å². The van der Waals surface area contributed by atoms with Gasteiger partial charge in [-0.1, -0.05) is 6.42 Å². The van der Waals surface area contributed by atoms with Gasteiger partial charge in [0.1, 0.15) is 11.6 Å². The third-order valence-electron chi connectivity index (χ3n) is 5.56. The summed E-state index contributed by atoms with van der Waals surface area (Å²) in [5, 5.41) is 0. The Labute approximate surface area is 123 Å². The molecule has 112 valence electrons. The molecule has 0 aromatic heterocycles. The number of benzene rings is 1. The number of fused-ring (bicyclic) bond motifs is 3. The largest absolute Gasteiger partial charge is 0.312 e. The Bertz CT molecular complexity index is 601. The smallest absolute Gasteiger partial charge is 0.230 e. The van der Waals surface area contributed by atoms with Crippen LogP contribution < -0.4 is 4.90 Å². The summed E-state index contributed by atoms with van der Waals surface area (Å²) in [5.74, 6) is 0.229. The maximum absolute atomic E-state index is 13.9. The Morgan fingerprint density at radius 2 is 2.05 bits per heavy atom. The highest BCUT2D eigenvalue weighted by Crippen LogP contribution is 2.49. The molecule has 2 saturated carbocycles. The normalized spacial score (nSPS) is 30.6. The summed E-state index contributed by atoms with van der Waals surface area (Å²) in [6, 6.07) is 2.24. The second-order valence-corrected chi connectivity index (χ2v) is 6.76. The quantitative estimate of drug-likeness (QED) is 0.773. The van der Waals surface area contributed by atoms with E-state index in [2.05, 4.69) is 0 Å². The van der Waals surface area contributed by atoms with Crippen molar-refractivity contribution in [3.63, 3.8) is 0 Å². The summed E-state index contributed by atoms with van der Waals surface area (Å²) < 4.78 is 27.5. The van der Waals surface area contributed by atoms with E-state index in [9.17, 15) is 13.6 Å². The summed E-state index contributed by atoms with van der Waals surface area (Å²) in [7, 11) is 0. The van der Waals surface area contributed by atoms with Crippen molar-refractivity contribution >= 4 is 11.6 Å². The number of hydrogen-bond acceptors (Lipinski definition) is 1. The zero-order valence-corrected chi connectivity index (χ0v) is 11.9. The fourth-order valence-electron chi connectivity index (χ4n) is 4.59. The van der Waals surface area contributed by atoms with Crippen molar-refractivity contribution in [3.8, 4) is 0 Å². The van der Waals surface area contributed by atoms with E-state index in [0.717, 1.165) is 31.7 Å². The number of hydrogen-bond donors (Lipinski definition) is 0. The average Bonchev–Trinajstić information content (AvgIpc) is 3.08. The monoisotopic (exact) mass is 291 g/mol. The summed E-state index contributed by atoms with van der Waals surface area (Å²) in [6.07, 6.45) is 5.85. The maximum atomic E-state index is 13.9. The van der Waals surface area contributed by atoms with Gasteiger partial charge in [-0.05, 0) is 50.0 Å². The fraction of sp³-hybridized carbons (Fsp3) is 0.588. The van der Waals surface area contributed by atoms with Crippen LogP contribution in [-0.2, 0) is 11.2 Å². The molecule has 2 aliphatic carbocycles. The molecule has 4 heteroatoms. The van der Waals surface area contributed by atoms with Gasteiger partial charge in [0.15, 0.2) is 0 Å². The standard InChI is InChI=1S/C17H19F2NO/c18-12-8-15(19)13-2-1-5-20(16(13)9-12)17(21)14-7-10-3-4-11(14)6-10/h8-11,14H,1-7H2. The lowest BCUT2D eigenvalue weighted by Crippen LogP contribution is -2.41. The minimum atomic E-state index is -0.598. The van der Waals surface area contributed by atoms with Gasteiger partial charge in [0.05, 0.1) is 5.69 Å². The molecule has 0 radical (unpaired) electrons. The Morgan fingerprint density at radius 3 is 2.76 bits per heavy atom. The highest BCUT2D eigenvalue weighted by atomic mass is 19.1. The van der Waals surface area contributed by atoms with E-state index >= 15 is 0 Å². The number of carbonyl (C=O) groups is 1. The van der Waals surface area contributed by atoms with Gasteiger partial charge in [-0.2, -0.15) is 0 Å². The van der Waals surface area contributed by atoms with Crippen LogP contribution in [0.1, 0.15) is 37.7 Å². The lowest BCUT2D eigenvalue weighted by atomic mass is 9.87. The summed E-state index contributed by atoms with van der Waals surface area (Å²) in [6.45, 7) is 0.586. The SMILES string of the molecule is O=C(C1CC2CCC1C2)N1CCCc2c(F)cc(F)cc21. The molecule has 0 N–H and O–H groups in total. The first kappa shape index (κ1) is 13.2. The fourth-order valence-corrected chi connectivity index (χ4v) is 4.59. The van der Waals surface area contributed by atoms with Crippen molar-refractivity contribution in [3.05, 3.63) is 29.3 Å². The zero-order chi connectivity index (χ0) is 14.6. The molecule has 3 atom stereocenters. The molecule has 3 unspecified atom stereocenters. The highest BCUT2D eigenvalue weighted by Gasteiger charge is 2.45. The van der Waals surface area contributed by atoms with Crippen LogP contribution in [0.2, 0.25) is 0 Å². The molecule has 1 aromatic rings. The van der Waals surface area contributed by atoms with Gasteiger partial charge in [0, 0.05) is 24.1 Å². The molecule has 4 rings (SSSR count). The van der Waals surface area contributed by atoms with Gasteiger partial charge in [0.25, 0.3) is 0 Å². The first-order chi connectivity index (χ1) is 10.1. The van der Waals surface area contributed by atoms with Crippen molar-refractivity contribution in [2.75, 3.05) is 11.4 Å². The predicted molar refractivity (Wildman–Crippen MR) is 76.0 cm³/mol. The number of nitrogens with zero attached hydrogens (tertiary/aromatic N) is 1. The molecule has 2 bridgehead atoms. The minimum Gasteiger partial charge on any atom is -0.312 e. The minimum absolute atomic E-state index is 0.0704. The number of carbonyl (C=O) groups excluding carboxylic acids is 1. The molecule has 21 heavy (non-hydrogen) atoms. The second-order valence-electron chi connectivity index (χ2n) is 6.76. The summed E-state index contributed by atoms with van der Waals surface area (Å²) >= 11 is 0. The number of halogens is 2. The van der Waals surface area contributed by atoms with E-state index < -0.39 is 11.6 Å². The van der Waals surface area contributed by atoms with Crippen LogP contribution in [0.3, 0.4) is 0 Å². The topological polar surface area (TPSA) is 20.3 Å². The van der Waals surface area contributed by atoms with Crippen molar-refractivity contribution in [2.45, 2.75) is 38.5 Å². The number of anilines is 1. The van der Waals surface area contributed by atoms with E-state index in [0.29, 0.717) is 36.1 Å². The van der Waals surface area contributed by atoms with Crippen LogP contribution in [0, 0.1) is 29.4 Å². The van der Waals surface area contributed by atoms with Crippen molar-refractivity contribution < 1.29 is 13.6 Å². The van der Waals surface area contributed by atoms with Crippen LogP contribution in [0.5, 0.6) is 0 Å². The van der Waals surface area contributed by atoms with Gasteiger partial charge < -0.3 is 4.90 Å². The van der Waals surface area contributed by atoms with E-state index in [1.807, 2.05) is 0 Å². The number of rotatable bonds is 1. The Balaban J connectivity index is 1.67. The van der Waals surface area contributed by atoms with Gasteiger partial charge in [-0.25, -0.2) is 8.78 Å². The van der Waals surface area contributed by atoms with Crippen molar-refractivity contribution in [1.82, 2.24) is 0 Å². The van der Waals surface area contributed by atoms with Gasteiger partial charge in [-0.3, -0.25) is 4.79 Å². The summed E-state index contributed by atoms with van der Waals surface area (Å²) in [5.41, 5.74) is 0.964. The first-order valence-corrected chi connectivity index (χ1v) is 7.93. The lowest BCUT2D eigenvalue weighted by Gasteiger charge is -2.34. The third kappa shape index (κ3) is 2.07. The Morgan fingerprint density at radius 1 is 1.19 bits per heavy atom. The molecule has 1 aromatic carbocycles. The Hall–Kier alpha value is -1.45. The summed E-state index contributed by atoms with van der Waals surface area (Å²) in [4.78, 5) is 14.5. The predicted octanol–water partition coefficient (Wildman–Crippen LogP) is 3.68.